The molecule has 0 spiro atoms. The SMILES string of the molecule is CC(=C(\Cl)Br)/C(C#N)=C(\C)N1CCCC1. The Morgan fingerprint density at radius 1 is 1.33 bits per heavy atom. The molecule has 0 radical (unpaired) electrons. The molecule has 0 atom stereocenters. The van der Waals surface area contributed by atoms with Crippen molar-refractivity contribution >= 4 is 27.5 Å². The van der Waals surface area contributed by atoms with Crippen LogP contribution >= 0.6 is 27.5 Å². The number of hydrogen-bond donors (Lipinski definition) is 0. The number of halogens is 2. The molecule has 1 saturated heterocycles. The maximum absolute atomic E-state index is 9.13. The van der Waals surface area contributed by atoms with Gasteiger partial charge in [0.1, 0.15) is 6.07 Å². The number of likely N-dealkylation sites (tertiary alicyclic amines) is 1. The van der Waals surface area contributed by atoms with Gasteiger partial charge in [0.15, 0.2) is 0 Å². The van der Waals surface area contributed by atoms with Gasteiger partial charge in [0, 0.05) is 18.8 Å². The van der Waals surface area contributed by atoms with Gasteiger partial charge in [0.05, 0.1) is 9.51 Å². The molecular formula is C11H14BrClN2. The van der Waals surface area contributed by atoms with E-state index < -0.39 is 0 Å². The van der Waals surface area contributed by atoms with E-state index in [9.17, 15) is 0 Å². The van der Waals surface area contributed by atoms with Crippen molar-refractivity contribution < 1.29 is 0 Å². The average molecular weight is 290 g/mol. The standard InChI is InChI=1S/C11H14BrClN2/c1-8(11(12)13)10(7-14)9(2)15-5-3-4-6-15/h3-6H2,1-2H3/b10-9+,11-8+. The summed E-state index contributed by atoms with van der Waals surface area (Å²) in [4.78, 5) is 2.24. The molecule has 0 aromatic rings. The topological polar surface area (TPSA) is 27.0 Å². The van der Waals surface area contributed by atoms with E-state index in [-0.39, 0.29) is 0 Å². The average Bonchev–Trinajstić information content (AvgIpc) is 2.71. The fourth-order valence-electron chi connectivity index (χ4n) is 1.74. The number of nitrogens with zero attached hydrogens (tertiary/aromatic N) is 2. The van der Waals surface area contributed by atoms with Crippen LogP contribution in [-0.4, -0.2) is 18.0 Å². The fraction of sp³-hybridized carbons (Fsp3) is 0.545. The third kappa shape index (κ3) is 2.99. The van der Waals surface area contributed by atoms with Crippen LogP contribution in [0.2, 0.25) is 0 Å². The van der Waals surface area contributed by atoms with Crippen molar-refractivity contribution in [2.45, 2.75) is 26.7 Å². The molecule has 1 fully saturated rings. The van der Waals surface area contributed by atoms with Gasteiger partial charge in [-0.2, -0.15) is 5.26 Å². The summed E-state index contributed by atoms with van der Waals surface area (Å²) in [5.74, 6) is 0. The lowest BCUT2D eigenvalue weighted by Crippen LogP contribution is -2.18. The Morgan fingerprint density at radius 3 is 2.27 bits per heavy atom. The summed E-state index contributed by atoms with van der Waals surface area (Å²) in [6.07, 6.45) is 2.42. The lowest BCUT2D eigenvalue weighted by molar-refractivity contribution is 0.425. The van der Waals surface area contributed by atoms with Crippen LogP contribution in [0.1, 0.15) is 26.7 Å². The van der Waals surface area contributed by atoms with Crippen LogP contribution in [0.4, 0.5) is 0 Å². The summed E-state index contributed by atoms with van der Waals surface area (Å²) >= 11 is 9.04. The minimum absolute atomic E-state index is 0.512. The molecule has 1 aliphatic rings. The molecule has 0 aromatic heterocycles. The first-order valence-electron chi connectivity index (χ1n) is 4.96. The van der Waals surface area contributed by atoms with E-state index in [1.54, 1.807) is 0 Å². The van der Waals surface area contributed by atoms with E-state index in [0.29, 0.717) is 9.51 Å². The van der Waals surface area contributed by atoms with Crippen molar-refractivity contribution in [1.29, 1.82) is 5.26 Å². The van der Waals surface area contributed by atoms with Crippen LogP contribution in [0.25, 0.3) is 0 Å². The molecule has 82 valence electrons. The first kappa shape index (κ1) is 12.6. The first-order valence-corrected chi connectivity index (χ1v) is 6.13. The lowest BCUT2D eigenvalue weighted by atomic mass is 10.1. The van der Waals surface area contributed by atoms with Gasteiger partial charge in [-0.15, -0.1) is 0 Å². The van der Waals surface area contributed by atoms with Crippen LogP contribution in [0.15, 0.2) is 20.8 Å². The summed E-state index contributed by atoms with van der Waals surface area (Å²) in [6.45, 7) is 5.93. The van der Waals surface area contributed by atoms with Crippen LogP contribution in [-0.2, 0) is 0 Å². The predicted molar refractivity (Wildman–Crippen MR) is 66.6 cm³/mol. The lowest BCUT2D eigenvalue weighted by Gasteiger charge is -2.20. The Morgan fingerprint density at radius 2 is 1.87 bits per heavy atom. The highest BCUT2D eigenvalue weighted by atomic mass is 79.9. The first-order chi connectivity index (χ1) is 7.07. The Balaban J connectivity index is 3.03. The second-order valence-electron chi connectivity index (χ2n) is 3.65. The second-order valence-corrected chi connectivity index (χ2v) is 5.28. The molecule has 0 aromatic carbocycles. The highest BCUT2D eigenvalue weighted by Crippen LogP contribution is 2.26. The smallest absolute Gasteiger partial charge is 0.101 e. The summed E-state index contributed by atoms with van der Waals surface area (Å²) in [6, 6.07) is 2.23. The van der Waals surface area contributed by atoms with Crippen LogP contribution in [0, 0.1) is 11.3 Å². The largest absolute Gasteiger partial charge is 0.374 e. The van der Waals surface area contributed by atoms with E-state index in [1.165, 1.54) is 12.8 Å². The number of nitriles is 1. The van der Waals surface area contributed by atoms with E-state index in [0.717, 1.165) is 24.4 Å². The fourth-order valence-corrected chi connectivity index (χ4v) is 2.03. The predicted octanol–water partition coefficient (Wildman–Crippen LogP) is 3.74. The molecule has 1 heterocycles. The Bertz CT molecular complexity index is 342. The van der Waals surface area contributed by atoms with Gasteiger partial charge in [0.2, 0.25) is 0 Å². The zero-order chi connectivity index (χ0) is 11.4. The molecule has 0 saturated carbocycles. The third-order valence-corrected chi connectivity index (χ3v) is 3.59. The van der Waals surface area contributed by atoms with Crippen LogP contribution < -0.4 is 0 Å². The monoisotopic (exact) mass is 288 g/mol. The molecular weight excluding hydrogens is 275 g/mol. The molecule has 4 heteroatoms. The highest BCUT2D eigenvalue weighted by Gasteiger charge is 2.16. The summed E-state index contributed by atoms with van der Waals surface area (Å²) < 4.78 is 0.512. The zero-order valence-corrected chi connectivity index (χ0v) is 11.3. The molecule has 0 amide bonds. The van der Waals surface area contributed by atoms with Gasteiger partial charge in [-0.05, 0) is 48.2 Å². The normalized spacial score (nSPS) is 19.5. The van der Waals surface area contributed by atoms with E-state index in [4.69, 9.17) is 16.9 Å². The number of hydrogen-bond acceptors (Lipinski definition) is 2. The van der Waals surface area contributed by atoms with Crippen LogP contribution in [0.3, 0.4) is 0 Å². The van der Waals surface area contributed by atoms with Crippen molar-refractivity contribution in [3.8, 4) is 6.07 Å². The number of allylic oxidation sites excluding steroid dienone is 3. The van der Waals surface area contributed by atoms with E-state index in [1.807, 2.05) is 13.8 Å². The quantitative estimate of drug-likeness (QED) is 0.572. The Hall–Kier alpha value is -0.460. The van der Waals surface area contributed by atoms with E-state index in [2.05, 4.69) is 26.9 Å². The minimum Gasteiger partial charge on any atom is -0.374 e. The van der Waals surface area contributed by atoms with Crippen molar-refractivity contribution in [1.82, 2.24) is 4.90 Å². The van der Waals surface area contributed by atoms with E-state index >= 15 is 0 Å². The van der Waals surface area contributed by atoms with Crippen molar-refractivity contribution in [3.05, 3.63) is 20.8 Å². The molecule has 1 rings (SSSR count). The molecule has 0 N–H and O–H groups in total. The molecule has 0 aliphatic carbocycles. The number of rotatable bonds is 2. The second kappa shape index (κ2) is 5.58. The van der Waals surface area contributed by atoms with Crippen molar-refractivity contribution in [3.63, 3.8) is 0 Å². The molecule has 0 unspecified atom stereocenters. The summed E-state index contributed by atoms with van der Waals surface area (Å²) in [5, 5.41) is 9.13. The minimum atomic E-state index is 0.512. The Labute approximate surface area is 104 Å². The van der Waals surface area contributed by atoms with Gasteiger partial charge in [-0.25, -0.2) is 0 Å². The molecule has 1 aliphatic heterocycles. The van der Waals surface area contributed by atoms with Gasteiger partial charge >= 0.3 is 0 Å². The zero-order valence-electron chi connectivity index (χ0n) is 8.98. The van der Waals surface area contributed by atoms with Gasteiger partial charge in [-0.3, -0.25) is 0 Å². The van der Waals surface area contributed by atoms with Crippen molar-refractivity contribution in [2.75, 3.05) is 13.1 Å². The van der Waals surface area contributed by atoms with Gasteiger partial charge in [0.25, 0.3) is 0 Å². The van der Waals surface area contributed by atoms with Crippen molar-refractivity contribution in [2.24, 2.45) is 0 Å². The molecule has 15 heavy (non-hydrogen) atoms. The maximum Gasteiger partial charge on any atom is 0.101 e. The summed E-state index contributed by atoms with van der Waals surface area (Å²) in [5.41, 5.74) is 2.52. The molecule has 0 bridgehead atoms. The van der Waals surface area contributed by atoms with Gasteiger partial charge in [-0.1, -0.05) is 11.6 Å². The third-order valence-electron chi connectivity index (χ3n) is 2.71. The maximum atomic E-state index is 9.13. The van der Waals surface area contributed by atoms with Crippen LogP contribution in [0.5, 0.6) is 0 Å². The summed E-state index contributed by atoms with van der Waals surface area (Å²) in [7, 11) is 0. The van der Waals surface area contributed by atoms with Gasteiger partial charge < -0.3 is 4.90 Å². The molecule has 2 nitrogen and oxygen atoms in total. The highest BCUT2D eigenvalue weighted by molar-refractivity contribution is 9.12. The Kier molecular flexibility index (Phi) is 4.69.